The molecule has 0 heterocycles. The summed E-state index contributed by atoms with van der Waals surface area (Å²) in [4.78, 5) is 1.67. The van der Waals surface area contributed by atoms with Crippen molar-refractivity contribution in [3.63, 3.8) is 0 Å². The first kappa shape index (κ1) is 11.3. The minimum atomic E-state index is -0.345. The summed E-state index contributed by atoms with van der Waals surface area (Å²) in [5, 5.41) is 8.77. The maximum atomic E-state index is 13.0. The summed E-state index contributed by atoms with van der Waals surface area (Å²) in [6.45, 7) is 1.74. The van der Waals surface area contributed by atoms with Crippen LogP contribution in [0.4, 0.5) is 10.1 Å². The molecule has 1 aromatic rings. The van der Waals surface area contributed by atoms with Crippen LogP contribution in [0.15, 0.2) is 18.2 Å². The number of nitriles is 1. The first-order chi connectivity index (χ1) is 7.10. The van der Waals surface area contributed by atoms with E-state index in [-0.39, 0.29) is 11.9 Å². The lowest BCUT2D eigenvalue weighted by Crippen LogP contribution is -2.27. The number of anilines is 1. The molecule has 0 amide bonds. The first-order valence-corrected chi connectivity index (χ1v) is 4.56. The second-order valence-electron chi connectivity index (χ2n) is 3.23. The highest BCUT2D eigenvalue weighted by atomic mass is 19.1. The second-order valence-corrected chi connectivity index (χ2v) is 3.23. The molecule has 1 unspecified atom stereocenters. The molecule has 0 aliphatic heterocycles. The van der Waals surface area contributed by atoms with Gasteiger partial charge in [-0.25, -0.2) is 4.39 Å². The Kier molecular flexibility index (Phi) is 3.51. The number of hydrogen-bond acceptors (Lipinski definition) is 3. The van der Waals surface area contributed by atoms with Gasteiger partial charge in [-0.3, -0.25) is 0 Å². The SMILES string of the molecule is COc1ccc(F)cc1N(C)C(C)C#N. The third-order valence-electron chi connectivity index (χ3n) is 2.29. The van der Waals surface area contributed by atoms with E-state index in [2.05, 4.69) is 6.07 Å². The molecule has 15 heavy (non-hydrogen) atoms. The van der Waals surface area contributed by atoms with Crippen LogP contribution in [0, 0.1) is 17.1 Å². The number of methoxy groups -OCH3 is 1. The van der Waals surface area contributed by atoms with Crippen LogP contribution in [-0.4, -0.2) is 20.2 Å². The van der Waals surface area contributed by atoms with Crippen molar-refractivity contribution in [1.82, 2.24) is 0 Å². The van der Waals surface area contributed by atoms with Gasteiger partial charge in [0, 0.05) is 13.1 Å². The molecule has 0 aliphatic rings. The maximum absolute atomic E-state index is 13.0. The molecule has 0 saturated carbocycles. The Morgan fingerprint density at radius 1 is 1.53 bits per heavy atom. The topological polar surface area (TPSA) is 36.3 Å². The predicted molar refractivity (Wildman–Crippen MR) is 56.4 cm³/mol. The molecule has 0 aliphatic carbocycles. The number of hydrogen-bond donors (Lipinski definition) is 0. The van der Waals surface area contributed by atoms with Crippen molar-refractivity contribution in [3.8, 4) is 11.8 Å². The van der Waals surface area contributed by atoms with Crippen molar-refractivity contribution < 1.29 is 9.13 Å². The zero-order valence-corrected chi connectivity index (χ0v) is 8.99. The summed E-state index contributed by atoms with van der Waals surface area (Å²) < 4.78 is 18.1. The van der Waals surface area contributed by atoms with Gasteiger partial charge in [-0.1, -0.05) is 0 Å². The van der Waals surface area contributed by atoms with Crippen LogP contribution in [0.2, 0.25) is 0 Å². The van der Waals surface area contributed by atoms with E-state index in [0.29, 0.717) is 11.4 Å². The summed E-state index contributed by atoms with van der Waals surface area (Å²) in [5.41, 5.74) is 0.576. The molecular formula is C11H13FN2O. The van der Waals surface area contributed by atoms with E-state index in [1.807, 2.05) is 0 Å². The average molecular weight is 208 g/mol. The van der Waals surface area contributed by atoms with Gasteiger partial charge in [0.05, 0.1) is 18.9 Å². The lowest BCUT2D eigenvalue weighted by molar-refractivity contribution is 0.413. The van der Waals surface area contributed by atoms with Gasteiger partial charge in [-0.15, -0.1) is 0 Å². The van der Waals surface area contributed by atoms with Gasteiger partial charge in [-0.05, 0) is 19.1 Å². The summed E-state index contributed by atoms with van der Waals surface area (Å²) >= 11 is 0. The molecule has 4 heteroatoms. The third kappa shape index (κ3) is 2.38. The molecule has 1 aromatic carbocycles. The van der Waals surface area contributed by atoms with E-state index in [1.165, 1.54) is 19.2 Å². The fourth-order valence-electron chi connectivity index (χ4n) is 1.23. The number of nitrogens with zero attached hydrogens (tertiary/aromatic N) is 2. The largest absolute Gasteiger partial charge is 0.495 e. The summed E-state index contributed by atoms with van der Waals surface area (Å²) in [6.07, 6.45) is 0. The van der Waals surface area contributed by atoms with Crippen LogP contribution in [-0.2, 0) is 0 Å². The Morgan fingerprint density at radius 3 is 2.73 bits per heavy atom. The van der Waals surface area contributed by atoms with Crippen molar-refractivity contribution >= 4 is 5.69 Å². The molecule has 0 radical (unpaired) electrons. The Balaban J connectivity index is 3.12. The van der Waals surface area contributed by atoms with E-state index in [1.54, 1.807) is 24.9 Å². The average Bonchev–Trinajstić information content (AvgIpc) is 2.27. The fourth-order valence-corrected chi connectivity index (χ4v) is 1.23. The van der Waals surface area contributed by atoms with E-state index in [0.717, 1.165) is 0 Å². The number of benzene rings is 1. The van der Waals surface area contributed by atoms with Crippen LogP contribution >= 0.6 is 0 Å². The number of ether oxygens (including phenoxy) is 1. The van der Waals surface area contributed by atoms with Crippen LogP contribution < -0.4 is 9.64 Å². The molecule has 1 atom stereocenters. The lowest BCUT2D eigenvalue weighted by Gasteiger charge is -2.23. The van der Waals surface area contributed by atoms with Gasteiger partial charge >= 0.3 is 0 Å². The van der Waals surface area contributed by atoms with Crippen LogP contribution in [0.1, 0.15) is 6.92 Å². The fraction of sp³-hybridized carbons (Fsp3) is 0.364. The normalized spacial score (nSPS) is 11.7. The first-order valence-electron chi connectivity index (χ1n) is 4.56. The smallest absolute Gasteiger partial charge is 0.142 e. The van der Waals surface area contributed by atoms with Crippen molar-refractivity contribution in [1.29, 1.82) is 5.26 Å². The molecule has 0 spiro atoms. The standard InChI is InChI=1S/C11H13FN2O/c1-8(7-13)14(2)10-6-9(12)4-5-11(10)15-3/h4-6,8H,1-3H3. The van der Waals surface area contributed by atoms with Crippen LogP contribution in [0.5, 0.6) is 5.75 Å². The van der Waals surface area contributed by atoms with Crippen molar-refractivity contribution in [2.75, 3.05) is 19.1 Å². The number of halogens is 1. The summed E-state index contributed by atoms with van der Waals surface area (Å²) in [7, 11) is 3.24. The summed E-state index contributed by atoms with van der Waals surface area (Å²) in [5.74, 6) is 0.212. The zero-order valence-electron chi connectivity index (χ0n) is 8.99. The molecule has 0 bridgehead atoms. The molecule has 80 valence electrons. The molecule has 0 saturated heterocycles. The van der Waals surface area contributed by atoms with Gasteiger partial charge in [0.25, 0.3) is 0 Å². The van der Waals surface area contributed by atoms with E-state index in [4.69, 9.17) is 10.00 Å². The quantitative estimate of drug-likeness (QED) is 0.763. The Morgan fingerprint density at radius 2 is 2.20 bits per heavy atom. The second kappa shape index (κ2) is 4.65. The molecule has 0 N–H and O–H groups in total. The zero-order chi connectivity index (χ0) is 11.4. The molecule has 1 rings (SSSR count). The number of rotatable bonds is 3. The van der Waals surface area contributed by atoms with E-state index < -0.39 is 0 Å². The van der Waals surface area contributed by atoms with Crippen molar-refractivity contribution in [2.24, 2.45) is 0 Å². The monoisotopic (exact) mass is 208 g/mol. The van der Waals surface area contributed by atoms with Gasteiger partial charge in [0.2, 0.25) is 0 Å². The third-order valence-corrected chi connectivity index (χ3v) is 2.29. The van der Waals surface area contributed by atoms with Gasteiger partial charge in [0.15, 0.2) is 0 Å². The highest BCUT2D eigenvalue weighted by Crippen LogP contribution is 2.29. The van der Waals surface area contributed by atoms with Crippen molar-refractivity contribution in [2.45, 2.75) is 13.0 Å². The molecule has 0 fully saturated rings. The van der Waals surface area contributed by atoms with Gasteiger partial charge in [-0.2, -0.15) is 5.26 Å². The minimum Gasteiger partial charge on any atom is -0.495 e. The highest BCUT2D eigenvalue weighted by molar-refractivity contribution is 5.59. The maximum Gasteiger partial charge on any atom is 0.142 e. The Labute approximate surface area is 88.7 Å². The Bertz CT molecular complexity index is 387. The van der Waals surface area contributed by atoms with Crippen LogP contribution in [0.25, 0.3) is 0 Å². The van der Waals surface area contributed by atoms with E-state index >= 15 is 0 Å². The molecule has 0 aromatic heterocycles. The Hall–Kier alpha value is -1.76. The highest BCUT2D eigenvalue weighted by Gasteiger charge is 2.14. The molecule has 3 nitrogen and oxygen atoms in total. The molecular weight excluding hydrogens is 195 g/mol. The van der Waals surface area contributed by atoms with Crippen LogP contribution in [0.3, 0.4) is 0 Å². The van der Waals surface area contributed by atoms with Crippen molar-refractivity contribution in [3.05, 3.63) is 24.0 Å². The lowest BCUT2D eigenvalue weighted by atomic mass is 10.2. The van der Waals surface area contributed by atoms with Gasteiger partial charge in [0.1, 0.15) is 17.6 Å². The van der Waals surface area contributed by atoms with E-state index in [9.17, 15) is 4.39 Å². The predicted octanol–water partition coefficient (Wildman–Crippen LogP) is 2.18. The minimum absolute atomic E-state index is 0.333. The summed E-state index contributed by atoms with van der Waals surface area (Å²) in [6, 6.07) is 5.98. The van der Waals surface area contributed by atoms with Gasteiger partial charge < -0.3 is 9.64 Å².